The minimum atomic E-state index is -3.06. The van der Waals surface area contributed by atoms with Gasteiger partial charge in [-0.05, 0) is 43.2 Å². The first kappa shape index (κ1) is 21.5. The zero-order chi connectivity index (χ0) is 21.5. The Labute approximate surface area is 172 Å². The van der Waals surface area contributed by atoms with E-state index in [-0.39, 0.29) is 34.6 Å². The summed E-state index contributed by atoms with van der Waals surface area (Å²) in [6.07, 6.45) is 1.84. The van der Waals surface area contributed by atoms with Crippen LogP contribution < -0.4 is 20.1 Å². The van der Waals surface area contributed by atoms with Crippen LogP contribution in [0.25, 0.3) is 0 Å². The molecule has 0 saturated carbocycles. The predicted octanol–water partition coefficient (Wildman–Crippen LogP) is 3.46. The maximum atomic E-state index is 12.6. The molecule has 1 aliphatic heterocycles. The zero-order valence-corrected chi connectivity index (χ0v) is 16.3. The molecule has 0 aromatic heterocycles. The van der Waals surface area contributed by atoms with Crippen molar-refractivity contribution < 1.29 is 32.6 Å². The van der Waals surface area contributed by atoms with Gasteiger partial charge in [0, 0.05) is 18.7 Å². The highest BCUT2D eigenvalue weighted by Gasteiger charge is 2.19. The smallest absolute Gasteiger partial charge is 0.387 e. The first-order chi connectivity index (χ1) is 14.5. The second-order valence-electron chi connectivity index (χ2n) is 6.59. The van der Waals surface area contributed by atoms with Crippen molar-refractivity contribution in [1.82, 2.24) is 5.32 Å². The Balaban J connectivity index is 1.73. The molecule has 9 heteroatoms. The van der Waals surface area contributed by atoms with Gasteiger partial charge in [0.15, 0.2) is 11.5 Å². The third-order valence-corrected chi connectivity index (χ3v) is 4.58. The summed E-state index contributed by atoms with van der Waals surface area (Å²) in [4.78, 5) is 25.2. The summed E-state index contributed by atoms with van der Waals surface area (Å²) in [5, 5.41) is 5.44. The van der Waals surface area contributed by atoms with Crippen LogP contribution in [0.3, 0.4) is 0 Å². The molecule has 2 aromatic rings. The van der Waals surface area contributed by atoms with Crippen molar-refractivity contribution in [1.29, 1.82) is 0 Å². The fourth-order valence-electron chi connectivity index (χ4n) is 3.10. The number of alkyl halides is 2. The van der Waals surface area contributed by atoms with E-state index >= 15 is 0 Å². The normalized spacial score (nSPS) is 15.7. The second-order valence-corrected chi connectivity index (χ2v) is 6.59. The van der Waals surface area contributed by atoms with Gasteiger partial charge >= 0.3 is 6.61 Å². The average molecular weight is 420 g/mol. The maximum absolute atomic E-state index is 12.6. The fraction of sp³-hybridized carbons (Fsp3) is 0.333. The van der Waals surface area contributed by atoms with Crippen LogP contribution in [0.1, 0.15) is 33.6 Å². The topological polar surface area (TPSA) is 85.9 Å². The molecular formula is C21H22F2N2O5. The SMILES string of the molecule is COc1ccc(C(=O)Nc2ccccc2C(=O)NCC2CCCO2)cc1OC(F)F. The first-order valence-corrected chi connectivity index (χ1v) is 9.41. The number of para-hydroxylation sites is 1. The predicted molar refractivity (Wildman–Crippen MR) is 105 cm³/mol. The number of methoxy groups -OCH3 is 1. The van der Waals surface area contributed by atoms with E-state index in [2.05, 4.69) is 15.4 Å². The molecule has 1 saturated heterocycles. The van der Waals surface area contributed by atoms with Gasteiger partial charge in [0.2, 0.25) is 0 Å². The number of nitrogens with one attached hydrogen (secondary N) is 2. The Hall–Kier alpha value is -3.20. The summed E-state index contributed by atoms with van der Waals surface area (Å²) in [5.41, 5.74) is 0.641. The van der Waals surface area contributed by atoms with Gasteiger partial charge < -0.3 is 24.8 Å². The van der Waals surface area contributed by atoms with Gasteiger partial charge in [0.1, 0.15) is 0 Å². The van der Waals surface area contributed by atoms with Crippen LogP contribution in [0.5, 0.6) is 11.5 Å². The highest BCUT2D eigenvalue weighted by Crippen LogP contribution is 2.30. The number of ether oxygens (including phenoxy) is 3. The molecule has 0 bridgehead atoms. The van der Waals surface area contributed by atoms with Crippen molar-refractivity contribution in [2.24, 2.45) is 0 Å². The Bertz CT molecular complexity index is 901. The van der Waals surface area contributed by atoms with Crippen molar-refractivity contribution in [3.05, 3.63) is 53.6 Å². The van der Waals surface area contributed by atoms with E-state index in [4.69, 9.17) is 9.47 Å². The van der Waals surface area contributed by atoms with E-state index in [1.165, 1.54) is 19.2 Å². The monoisotopic (exact) mass is 420 g/mol. The minimum absolute atomic E-state index is 0.0109. The van der Waals surface area contributed by atoms with E-state index < -0.39 is 12.5 Å². The summed E-state index contributed by atoms with van der Waals surface area (Å²) in [6, 6.07) is 10.4. The molecule has 0 aliphatic carbocycles. The van der Waals surface area contributed by atoms with Crippen LogP contribution in [0.4, 0.5) is 14.5 Å². The molecule has 1 heterocycles. The van der Waals surface area contributed by atoms with Gasteiger partial charge in [-0.3, -0.25) is 9.59 Å². The number of carbonyl (C=O) groups excluding carboxylic acids is 2. The largest absolute Gasteiger partial charge is 0.493 e. The molecule has 1 aliphatic rings. The number of rotatable bonds is 8. The zero-order valence-electron chi connectivity index (χ0n) is 16.3. The molecule has 3 rings (SSSR count). The third kappa shape index (κ3) is 5.44. The molecule has 2 N–H and O–H groups in total. The average Bonchev–Trinajstić information content (AvgIpc) is 3.25. The molecule has 30 heavy (non-hydrogen) atoms. The summed E-state index contributed by atoms with van der Waals surface area (Å²) < 4.78 is 40.1. The van der Waals surface area contributed by atoms with Crippen LogP contribution in [0.15, 0.2) is 42.5 Å². The van der Waals surface area contributed by atoms with Gasteiger partial charge in [-0.2, -0.15) is 8.78 Å². The van der Waals surface area contributed by atoms with E-state index in [9.17, 15) is 18.4 Å². The molecule has 0 spiro atoms. The lowest BCUT2D eigenvalue weighted by molar-refractivity contribution is -0.0512. The van der Waals surface area contributed by atoms with Crippen molar-refractivity contribution in [3.63, 3.8) is 0 Å². The summed E-state index contributed by atoms with van der Waals surface area (Å²) in [5.74, 6) is -1.13. The summed E-state index contributed by atoms with van der Waals surface area (Å²) >= 11 is 0. The quantitative estimate of drug-likeness (QED) is 0.683. The van der Waals surface area contributed by atoms with E-state index in [0.29, 0.717) is 18.8 Å². The van der Waals surface area contributed by atoms with Crippen molar-refractivity contribution >= 4 is 17.5 Å². The number of hydrogen-bond donors (Lipinski definition) is 2. The van der Waals surface area contributed by atoms with Crippen LogP contribution in [0, 0.1) is 0 Å². The molecular weight excluding hydrogens is 398 g/mol. The van der Waals surface area contributed by atoms with Crippen LogP contribution in [-0.4, -0.2) is 44.8 Å². The highest BCUT2D eigenvalue weighted by atomic mass is 19.3. The van der Waals surface area contributed by atoms with Crippen LogP contribution >= 0.6 is 0 Å². The van der Waals surface area contributed by atoms with Crippen LogP contribution in [0.2, 0.25) is 0 Å². The Morgan fingerprint density at radius 1 is 1.17 bits per heavy atom. The third-order valence-electron chi connectivity index (χ3n) is 4.58. The number of anilines is 1. The van der Waals surface area contributed by atoms with E-state index in [0.717, 1.165) is 18.9 Å². The lowest BCUT2D eigenvalue weighted by atomic mass is 10.1. The second kappa shape index (κ2) is 10.0. The van der Waals surface area contributed by atoms with Gasteiger partial charge in [-0.15, -0.1) is 0 Å². The van der Waals surface area contributed by atoms with E-state index in [1.807, 2.05) is 0 Å². The van der Waals surface area contributed by atoms with Gasteiger partial charge in [0.25, 0.3) is 11.8 Å². The molecule has 1 fully saturated rings. The lowest BCUT2D eigenvalue weighted by Gasteiger charge is -2.14. The van der Waals surface area contributed by atoms with Crippen molar-refractivity contribution in [2.45, 2.75) is 25.6 Å². The Kier molecular flexibility index (Phi) is 7.18. The van der Waals surface area contributed by atoms with Gasteiger partial charge in [-0.25, -0.2) is 0 Å². The fourth-order valence-corrected chi connectivity index (χ4v) is 3.10. The summed E-state index contributed by atoms with van der Waals surface area (Å²) in [6.45, 7) is -1.99. The van der Waals surface area contributed by atoms with Crippen molar-refractivity contribution in [2.75, 3.05) is 25.6 Å². The number of hydrogen-bond acceptors (Lipinski definition) is 5. The number of carbonyl (C=O) groups is 2. The standard InChI is InChI=1S/C21H22F2N2O5/c1-28-17-9-8-13(11-18(17)30-21(22)23)19(26)25-16-7-3-2-6-15(16)20(27)24-12-14-5-4-10-29-14/h2-3,6-9,11,14,21H,4-5,10,12H2,1H3,(H,24,27)(H,25,26). The number of amides is 2. The molecule has 0 radical (unpaired) electrons. The minimum Gasteiger partial charge on any atom is -0.493 e. The molecule has 1 atom stereocenters. The highest BCUT2D eigenvalue weighted by molar-refractivity contribution is 6.09. The van der Waals surface area contributed by atoms with Crippen molar-refractivity contribution in [3.8, 4) is 11.5 Å². The van der Waals surface area contributed by atoms with Crippen LogP contribution in [-0.2, 0) is 4.74 Å². The lowest BCUT2D eigenvalue weighted by Crippen LogP contribution is -2.32. The maximum Gasteiger partial charge on any atom is 0.387 e. The van der Waals surface area contributed by atoms with Gasteiger partial charge in [0.05, 0.1) is 24.5 Å². The summed E-state index contributed by atoms with van der Waals surface area (Å²) in [7, 11) is 1.30. The molecule has 1 unspecified atom stereocenters. The Morgan fingerprint density at radius 2 is 1.97 bits per heavy atom. The molecule has 2 amide bonds. The van der Waals surface area contributed by atoms with E-state index in [1.54, 1.807) is 24.3 Å². The Morgan fingerprint density at radius 3 is 2.67 bits per heavy atom. The molecule has 7 nitrogen and oxygen atoms in total. The molecule has 160 valence electrons. The molecule has 2 aromatic carbocycles. The first-order valence-electron chi connectivity index (χ1n) is 9.41. The number of halogens is 2. The number of benzene rings is 2. The van der Waals surface area contributed by atoms with Gasteiger partial charge in [-0.1, -0.05) is 12.1 Å².